The number of likely N-dealkylation sites (tertiary alicyclic amines) is 1. The number of rotatable bonds is 0. The quantitative estimate of drug-likeness (QED) is 0.469. The van der Waals surface area contributed by atoms with Crippen molar-refractivity contribution in [3.05, 3.63) is 23.6 Å². The van der Waals surface area contributed by atoms with Gasteiger partial charge < -0.3 is 0 Å². The van der Waals surface area contributed by atoms with Crippen molar-refractivity contribution in [2.75, 3.05) is 7.05 Å². The third-order valence-corrected chi connectivity index (χ3v) is 2.68. The van der Waals surface area contributed by atoms with Gasteiger partial charge in [-0.1, -0.05) is 0 Å². The molecule has 86 valence electrons. The largest absolute Gasteiger partial charge is 0.282 e. The Balaban J connectivity index is 2.67. The third-order valence-electron chi connectivity index (χ3n) is 2.68. The number of allylic oxidation sites excluding steroid dienone is 2. The molecular weight excluding hydrogens is 230 g/mol. The van der Waals surface area contributed by atoms with Gasteiger partial charge in [0, 0.05) is 7.05 Å². The summed E-state index contributed by atoms with van der Waals surface area (Å²) in [6.07, 6.45) is 0.280. The lowest BCUT2D eigenvalue weighted by atomic mass is 9.86. The number of carbonyl (C=O) groups excluding carboxylic acids is 2. The molecule has 2 amide bonds. The van der Waals surface area contributed by atoms with Crippen molar-refractivity contribution in [3.63, 3.8) is 0 Å². The predicted octanol–water partition coefficient (Wildman–Crippen LogP) is 1.33. The van der Waals surface area contributed by atoms with Crippen molar-refractivity contribution >= 4 is 11.8 Å². The molecule has 2 aliphatic rings. The fourth-order valence-electron chi connectivity index (χ4n) is 1.76. The molecule has 0 spiro atoms. The van der Waals surface area contributed by atoms with Crippen molar-refractivity contribution in [1.82, 2.24) is 4.90 Å². The van der Waals surface area contributed by atoms with Gasteiger partial charge in [-0.05, 0) is 6.08 Å². The molecule has 1 aliphatic heterocycles. The lowest BCUT2D eigenvalue weighted by Gasteiger charge is -2.22. The average molecular weight is 235 g/mol. The van der Waals surface area contributed by atoms with Crippen molar-refractivity contribution in [3.8, 4) is 0 Å². The van der Waals surface area contributed by atoms with Gasteiger partial charge in [0.1, 0.15) is 5.92 Å². The highest BCUT2D eigenvalue weighted by Gasteiger charge is 2.64. The Kier molecular flexibility index (Phi) is 1.98. The lowest BCUT2D eigenvalue weighted by Crippen LogP contribution is -2.40. The summed E-state index contributed by atoms with van der Waals surface area (Å²) >= 11 is 0. The van der Waals surface area contributed by atoms with E-state index in [1.54, 1.807) is 0 Å². The summed E-state index contributed by atoms with van der Waals surface area (Å²) in [6, 6.07) is 0. The number of alkyl halides is 1. The Morgan fingerprint density at radius 2 is 1.88 bits per heavy atom. The van der Waals surface area contributed by atoms with Gasteiger partial charge in [-0.25, -0.2) is 17.6 Å². The predicted molar refractivity (Wildman–Crippen MR) is 43.5 cm³/mol. The fourth-order valence-corrected chi connectivity index (χ4v) is 1.76. The maximum absolute atomic E-state index is 14.0. The minimum Gasteiger partial charge on any atom is -0.282 e. The Hall–Kier alpha value is -1.66. The molecule has 1 heterocycles. The first kappa shape index (κ1) is 10.8. The molecule has 2 atom stereocenters. The molecule has 1 saturated heterocycles. The number of halogens is 4. The first-order valence-electron chi connectivity index (χ1n) is 4.26. The Morgan fingerprint density at radius 3 is 2.44 bits per heavy atom. The van der Waals surface area contributed by atoms with E-state index in [4.69, 9.17) is 0 Å². The highest BCUT2D eigenvalue weighted by Crippen LogP contribution is 2.47. The molecule has 3 nitrogen and oxygen atoms in total. The van der Waals surface area contributed by atoms with E-state index in [9.17, 15) is 27.2 Å². The molecule has 0 radical (unpaired) electrons. The maximum atomic E-state index is 14.0. The maximum Gasteiger partial charge on any atom is 0.275 e. The normalized spacial score (nSPS) is 34.4. The van der Waals surface area contributed by atoms with Gasteiger partial charge in [-0.15, -0.1) is 0 Å². The Morgan fingerprint density at radius 1 is 1.31 bits per heavy atom. The zero-order chi connectivity index (χ0) is 12.2. The van der Waals surface area contributed by atoms with Crippen LogP contribution in [0.2, 0.25) is 0 Å². The minimum absolute atomic E-state index is 0.280. The number of nitrogens with zero attached hydrogens (tertiary/aromatic N) is 1. The third kappa shape index (κ3) is 0.975. The molecule has 16 heavy (non-hydrogen) atoms. The molecule has 2 unspecified atom stereocenters. The van der Waals surface area contributed by atoms with Gasteiger partial charge in [-0.2, -0.15) is 0 Å². The van der Waals surface area contributed by atoms with E-state index in [0.717, 1.165) is 7.05 Å². The summed E-state index contributed by atoms with van der Waals surface area (Å²) < 4.78 is 52.8. The molecule has 7 heteroatoms. The number of hydrogen-bond donors (Lipinski definition) is 0. The first-order valence-corrected chi connectivity index (χ1v) is 4.26. The highest BCUT2D eigenvalue weighted by molar-refractivity contribution is 6.11. The summed E-state index contributed by atoms with van der Waals surface area (Å²) in [4.78, 5) is 22.9. The molecule has 0 aromatic carbocycles. The van der Waals surface area contributed by atoms with Crippen molar-refractivity contribution in [2.45, 2.75) is 5.67 Å². The van der Waals surface area contributed by atoms with Crippen LogP contribution in [-0.4, -0.2) is 29.4 Å². The van der Waals surface area contributed by atoms with E-state index in [0.29, 0.717) is 4.90 Å². The van der Waals surface area contributed by atoms with E-state index in [-0.39, 0.29) is 6.08 Å². The summed E-state index contributed by atoms with van der Waals surface area (Å²) in [5.41, 5.74) is -3.44. The summed E-state index contributed by atoms with van der Waals surface area (Å²) in [5, 5.41) is 0. The SMILES string of the molecule is CN1C(=O)C2C=C(F)C(F)=C(F)C2(F)C1=O. The zero-order valence-electron chi connectivity index (χ0n) is 7.93. The Labute approximate surface area is 87.0 Å². The molecule has 1 fully saturated rings. The van der Waals surface area contributed by atoms with Crippen LogP contribution in [0.1, 0.15) is 0 Å². The van der Waals surface area contributed by atoms with Crippen LogP contribution in [0.15, 0.2) is 23.6 Å². The second kappa shape index (κ2) is 2.93. The second-order valence-corrected chi connectivity index (χ2v) is 3.53. The van der Waals surface area contributed by atoms with Crippen LogP contribution in [0.3, 0.4) is 0 Å². The highest BCUT2D eigenvalue weighted by atomic mass is 19.2. The van der Waals surface area contributed by atoms with Crippen LogP contribution in [0, 0.1) is 5.92 Å². The number of hydrogen-bond acceptors (Lipinski definition) is 2. The topological polar surface area (TPSA) is 37.4 Å². The van der Waals surface area contributed by atoms with Gasteiger partial charge in [0.15, 0.2) is 17.5 Å². The zero-order valence-corrected chi connectivity index (χ0v) is 7.93. The number of carbonyl (C=O) groups is 2. The van der Waals surface area contributed by atoms with Crippen LogP contribution < -0.4 is 0 Å². The van der Waals surface area contributed by atoms with Crippen LogP contribution in [0.25, 0.3) is 0 Å². The second-order valence-electron chi connectivity index (χ2n) is 3.53. The smallest absolute Gasteiger partial charge is 0.275 e. The van der Waals surface area contributed by atoms with Gasteiger partial charge >= 0.3 is 0 Å². The van der Waals surface area contributed by atoms with Gasteiger partial charge in [0.05, 0.1) is 0 Å². The molecule has 0 N–H and O–H groups in total. The number of imide groups is 1. The lowest BCUT2D eigenvalue weighted by molar-refractivity contribution is -0.140. The molecule has 0 saturated carbocycles. The standard InChI is InChI=1S/C9H5F4NO2/c1-14-7(15)3-2-4(10)5(11)6(12)9(3,13)8(14)16/h2-3H,1H3. The van der Waals surface area contributed by atoms with Crippen molar-refractivity contribution < 1.29 is 27.2 Å². The minimum atomic E-state index is -3.44. The van der Waals surface area contributed by atoms with Crippen LogP contribution in [-0.2, 0) is 9.59 Å². The summed E-state index contributed by atoms with van der Waals surface area (Å²) in [7, 11) is 0.918. The summed E-state index contributed by atoms with van der Waals surface area (Å²) in [6.45, 7) is 0. The molecule has 0 bridgehead atoms. The van der Waals surface area contributed by atoms with Gasteiger partial charge in [0.25, 0.3) is 11.6 Å². The molecule has 0 aromatic heterocycles. The van der Waals surface area contributed by atoms with E-state index >= 15 is 0 Å². The van der Waals surface area contributed by atoms with Crippen LogP contribution in [0.4, 0.5) is 17.6 Å². The van der Waals surface area contributed by atoms with Gasteiger partial charge in [0.2, 0.25) is 5.91 Å². The molecule has 1 aliphatic carbocycles. The van der Waals surface area contributed by atoms with Crippen molar-refractivity contribution in [1.29, 1.82) is 0 Å². The van der Waals surface area contributed by atoms with E-state index in [2.05, 4.69) is 0 Å². The molecule has 0 aromatic rings. The molecule has 2 rings (SSSR count). The monoisotopic (exact) mass is 235 g/mol. The van der Waals surface area contributed by atoms with E-state index < -0.39 is 40.9 Å². The number of amides is 2. The molecular formula is C9H5F4NO2. The number of fused-ring (bicyclic) bond motifs is 1. The average Bonchev–Trinajstić information content (AvgIpc) is 2.42. The van der Waals surface area contributed by atoms with Gasteiger partial charge in [-0.3, -0.25) is 14.5 Å². The van der Waals surface area contributed by atoms with E-state index in [1.807, 2.05) is 0 Å². The first-order chi connectivity index (χ1) is 7.31. The summed E-state index contributed by atoms with van der Waals surface area (Å²) in [5.74, 6) is -10.5. The van der Waals surface area contributed by atoms with Crippen LogP contribution >= 0.6 is 0 Å². The van der Waals surface area contributed by atoms with Crippen LogP contribution in [0.5, 0.6) is 0 Å². The fraction of sp³-hybridized carbons (Fsp3) is 0.333. The van der Waals surface area contributed by atoms with E-state index in [1.165, 1.54) is 0 Å². The Bertz CT molecular complexity index is 470. The van der Waals surface area contributed by atoms with Crippen molar-refractivity contribution in [2.24, 2.45) is 5.92 Å².